The van der Waals surface area contributed by atoms with Gasteiger partial charge in [-0.15, -0.1) is 0 Å². The number of rotatable bonds is 10. The standard InChI is InChI=1S/C13H20N2O3S/c1-19-11-3-2-8-14-9-10-18-13-6-4-12(5-7-13)15(16)17/h4-7,14H,2-3,8-11H2,1H3. The topological polar surface area (TPSA) is 64.4 Å². The summed E-state index contributed by atoms with van der Waals surface area (Å²) in [6, 6.07) is 6.14. The number of thioether (sulfide) groups is 1. The second kappa shape index (κ2) is 9.63. The van der Waals surface area contributed by atoms with E-state index in [1.54, 1.807) is 12.1 Å². The van der Waals surface area contributed by atoms with Crippen molar-refractivity contribution in [3.05, 3.63) is 34.4 Å². The van der Waals surface area contributed by atoms with E-state index in [0.29, 0.717) is 12.4 Å². The lowest BCUT2D eigenvalue weighted by molar-refractivity contribution is -0.384. The van der Waals surface area contributed by atoms with Crippen molar-refractivity contribution in [3.63, 3.8) is 0 Å². The highest BCUT2D eigenvalue weighted by atomic mass is 32.2. The summed E-state index contributed by atoms with van der Waals surface area (Å²) >= 11 is 1.87. The molecular formula is C13H20N2O3S. The number of ether oxygens (including phenoxy) is 1. The number of nitro benzene ring substituents is 1. The molecule has 0 saturated carbocycles. The van der Waals surface area contributed by atoms with E-state index in [1.807, 2.05) is 11.8 Å². The second-order valence-corrected chi connectivity index (χ2v) is 5.03. The van der Waals surface area contributed by atoms with Crippen LogP contribution in [0.4, 0.5) is 5.69 Å². The second-order valence-electron chi connectivity index (χ2n) is 4.05. The van der Waals surface area contributed by atoms with E-state index in [-0.39, 0.29) is 5.69 Å². The summed E-state index contributed by atoms with van der Waals surface area (Å²) < 4.78 is 5.48. The molecule has 0 bridgehead atoms. The van der Waals surface area contributed by atoms with Crippen LogP contribution in [0.5, 0.6) is 5.75 Å². The molecule has 106 valence electrons. The Hall–Kier alpha value is -1.27. The normalized spacial score (nSPS) is 10.4. The largest absolute Gasteiger partial charge is 0.492 e. The molecule has 0 atom stereocenters. The first-order chi connectivity index (χ1) is 9.24. The Morgan fingerprint density at radius 1 is 1.26 bits per heavy atom. The van der Waals surface area contributed by atoms with Crippen LogP contribution in [0.1, 0.15) is 12.8 Å². The minimum atomic E-state index is -0.417. The van der Waals surface area contributed by atoms with Gasteiger partial charge in [-0.25, -0.2) is 0 Å². The van der Waals surface area contributed by atoms with Crippen LogP contribution in [0.2, 0.25) is 0 Å². The Morgan fingerprint density at radius 3 is 2.63 bits per heavy atom. The number of hydrogen-bond donors (Lipinski definition) is 1. The molecule has 0 aliphatic carbocycles. The molecule has 0 saturated heterocycles. The lowest BCUT2D eigenvalue weighted by atomic mass is 10.3. The van der Waals surface area contributed by atoms with Gasteiger partial charge in [-0.2, -0.15) is 11.8 Å². The summed E-state index contributed by atoms with van der Waals surface area (Å²) in [6.45, 7) is 2.36. The number of hydrogen-bond acceptors (Lipinski definition) is 5. The van der Waals surface area contributed by atoms with Crippen LogP contribution in [0.3, 0.4) is 0 Å². The Labute approximate surface area is 117 Å². The Morgan fingerprint density at radius 2 is 2.00 bits per heavy atom. The van der Waals surface area contributed by atoms with Crippen molar-refractivity contribution in [2.75, 3.05) is 31.7 Å². The minimum absolute atomic E-state index is 0.0827. The van der Waals surface area contributed by atoms with Gasteiger partial charge in [0.1, 0.15) is 12.4 Å². The molecule has 0 unspecified atom stereocenters. The van der Waals surface area contributed by atoms with Gasteiger partial charge in [-0.3, -0.25) is 10.1 Å². The molecule has 0 spiro atoms. The van der Waals surface area contributed by atoms with Crippen molar-refractivity contribution < 1.29 is 9.66 Å². The number of unbranched alkanes of at least 4 members (excludes halogenated alkanes) is 1. The van der Waals surface area contributed by atoms with Gasteiger partial charge in [-0.1, -0.05) is 0 Å². The molecule has 0 aliphatic heterocycles. The molecule has 0 amide bonds. The van der Waals surface area contributed by atoms with Gasteiger partial charge in [0.05, 0.1) is 4.92 Å². The Kier molecular flexibility index (Phi) is 8.00. The average molecular weight is 284 g/mol. The van der Waals surface area contributed by atoms with E-state index >= 15 is 0 Å². The molecule has 1 aromatic carbocycles. The molecule has 5 nitrogen and oxygen atoms in total. The molecule has 1 rings (SSSR count). The summed E-state index contributed by atoms with van der Waals surface area (Å²) in [4.78, 5) is 10.1. The fourth-order valence-corrected chi connectivity index (χ4v) is 2.02. The molecule has 19 heavy (non-hydrogen) atoms. The Balaban J connectivity index is 2.07. The number of benzene rings is 1. The summed E-state index contributed by atoms with van der Waals surface area (Å²) in [6.07, 6.45) is 4.53. The number of nitrogens with one attached hydrogen (secondary N) is 1. The number of non-ortho nitro benzene ring substituents is 1. The zero-order valence-corrected chi connectivity index (χ0v) is 11.9. The van der Waals surface area contributed by atoms with Crippen LogP contribution in [-0.4, -0.2) is 36.6 Å². The predicted molar refractivity (Wildman–Crippen MR) is 79.1 cm³/mol. The molecule has 0 heterocycles. The van der Waals surface area contributed by atoms with Crippen molar-refractivity contribution in [3.8, 4) is 5.75 Å². The molecule has 0 radical (unpaired) electrons. The lowest BCUT2D eigenvalue weighted by Gasteiger charge is -2.07. The summed E-state index contributed by atoms with van der Waals surface area (Å²) in [5, 5.41) is 13.8. The number of nitro groups is 1. The van der Waals surface area contributed by atoms with Crippen LogP contribution in [-0.2, 0) is 0 Å². The van der Waals surface area contributed by atoms with E-state index in [2.05, 4.69) is 11.6 Å². The summed E-state index contributed by atoms with van der Waals surface area (Å²) in [7, 11) is 0. The van der Waals surface area contributed by atoms with E-state index in [4.69, 9.17) is 4.74 Å². The van der Waals surface area contributed by atoms with Crippen molar-refractivity contribution in [2.24, 2.45) is 0 Å². The minimum Gasteiger partial charge on any atom is -0.492 e. The lowest BCUT2D eigenvalue weighted by Crippen LogP contribution is -2.22. The van der Waals surface area contributed by atoms with Gasteiger partial charge in [0.25, 0.3) is 5.69 Å². The maximum absolute atomic E-state index is 10.5. The maximum Gasteiger partial charge on any atom is 0.269 e. The predicted octanol–water partition coefficient (Wildman–Crippen LogP) is 2.71. The molecule has 1 N–H and O–H groups in total. The first-order valence-electron chi connectivity index (χ1n) is 6.31. The van der Waals surface area contributed by atoms with Crippen LogP contribution < -0.4 is 10.1 Å². The van der Waals surface area contributed by atoms with Gasteiger partial charge in [0.15, 0.2) is 0 Å². The molecule has 1 aromatic rings. The van der Waals surface area contributed by atoms with Gasteiger partial charge in [-0.05, 0) is 43.5 Å². The third kappa shape index (κ3) is 7.03. The van der Waals surface area contributed by atoms with Gasteiger partial charge in [0.2, 0.25) is 0 Å². The molecular weight excluding hydrogens is 264 g/mol. The third-order valence-electron chi connectivity index (χ3n) is 2.55. The van der Waals surface area contributed by atoms with Crippen molar-refractivity contribution in [1.29, 1.82) is 0 Å². The monoisotopic (exact) mass is 284 g/mol. The van der Waals surface area contributed by atoms with E-state index < -0.39 is 4.92 Å². The molecule has 6 heteroatoms. The highest BCUT2D eigenvalue weighted by Gasteiger charge is 2.03. The number of nitrogens with zero attached hydrogens (tertiary/aromatic N) is 1. The SMILES string of the molecule is CSCCCCNCCOc1ccc([N+](=O)[O-])cc1. The smallest absolute Gasteiger partial charge is 0.269 e. The average Bonchev–Trinajstić information content (AvgIpc) is 2.42. The van der Waals surface area contributed by atoms with E-state index in [9.17, 15) is 10.1 Å². The van der Waals surface area contributed by atoms with Crippen molar-refractivity contribution >= 4 is 17.4 Å². The van der Waals surface area contributed by atoms with Gasteiger partial charge in [0, 0.05) is 18.7 Å². The molecule has 0 fully saturated rings. The summed E-state index contributed by atoms with van der Waals surface area (Å²) in [5.41, 5.74) is 0.0827. The van der Waals surface area contributed by atoms with Crippen LogP contribution in [0.25, 0.3) is 0 Å². The van der Waals surface area contributed by atoms with Crippen LogP contribution >= 0.6 is 11.8 Å². The first kappa shape index (κ1) is 15.8. The highest BCUT2D eigenvalue weighted by Crippen LogP contribution is 2.16. The quantitative estimate of drug-likeness (QED) is 0.406. The van der Waals surface area contributed by atoms with E-state index in [0.717, 1.165) is 13.1 Å². The zero-order valence-electron chi connectivity index (χ0n) is 11.1. The highest BCUT2D eigenvalue weighted by molar-refractivity contribution is 7.98. The Bertz CT molecular complexity index is 371. The zero-order chi connectivity index (χ0) is 13.9. The van der Waals surface area contributed by atoms with Crippen molar-refractivity contribution in [2.45, 2.75) is 12.8 Å². The maximum atomic E-state index is 10.5. The molecule has 0 aromatic heterocycles. The van der Waals surface area contributed by atoms with Gasteiger partial charge < -0.3 is 10.1 Å². The van der Waals surface area contributed by atoms with Crippen molar-refractivity contribution in [1.82, 2.24) is 5.32 Å². The fourth-order valence-electron chi connectivity index (χ4n) is 1.53. The van der Waals surface area contributed by atoms with E-state index in [1.165, 1.54) is 30.7 Å². The van der Waals surface area contributed by atoms with Gasteiger partial charge >= 0.3 is 0 Å². The summed E-state index contributed by atoms with van der Waals surface area (Å²) in [5.74, 6) is 1.87. The van der Waals surface area contributed by atoms with Crippen LogP contribution in [0, 0.1) is 10.1 Å². The third-order valence-corrected chi connectivity index (χ3v) is 3.24. The first-order valence-corrected chi connectivity index (χ1v) is 7.70. The van der Waals surface area contributed by atoms with Crippen LogP contribution in [0.15, 0.2) is 24.3 Å². The fraction of sp³-hybridized carbons (Fsp3) is 0.538. The molecule has 0 aliphatic rings.